The Kier molecular flexibility index (Phi) is 4.30. The number of ether oxygens (including phenoxy) is 1. The van der Waals surface area contributed by atoms with Gasteiger partial charge < -0.3 is 15.4 Å². The third kappa shape index (κ3) is 3.00. The van der Waals surface area contributed by atoms with E-state index in [2.05, 4.69) is 38.6 Å². The van der Waals surface area contributed by atoms with Crippen LogP contribution in [0.1, 0.15) is 16.7 Å². The molecule has 0 fully saturated rings. The fourth-order valence-electron chi connectivity index (χ4n) is 3.01. The molecule has 1 aliphatic heterocycles. The van der Waals surface area contributed by atoms with Crippen molar-refractivity contribution in [2.24, 2.45) is 0 Å². The largest absolute Gasteiger partial charge is 0.478 e. The quantitative estimate of drug-likeness (QED) is 0.693. The standard InChI is InChI=1S/C20H22N2O2/c1-4-9-22-17-12-16(21)7-8-18(17)24-19(20(22)23)11-15-10-13(2)5-6-14(15)3/h4-8,10,12,19H,1,9,11,21H2,2-3H3. The number of carbonyl (C=O) groups is 1. The molecule has 124 valence electrons. The van der Waals surface area contributed by atoms with Crippen LogP contribution in [-0.4, -0.2) is 18.6 Å². The van der Waals surface area contributed by atoms with E-state index in [1.165, 1.54) is 5.56 Å². The van der Waals surface area contributed by atoms with Gasteiger partial charge >= 0.3 is 0 Å². The van der Waals surface area contributed by atoms with E-state index >= 15 is 0 Å². The number of hydrogen-bond donors (Lipinski definition) is 1. The smallest absolute Gasteiger partial charge is 0.268 e. The van der Waals surface area contributed by atoms with Gasteiger partial charge in [0.25, 0.3) is 5.91 Å². The van der Waals surface area contributed by atoms with Gasteiger partial charge in [-0.3, -0.25) is 4.79 Å². The monoisotopic (exact) mass is 322 g/mol. The summed E-state index contributed by atoms with van der Waals surface area (Å²) in [6.07, 6.45) is 1.72. The molecule has 0 aliphatic carbocycles. The van der Waals surface area contributed by atoms with Gasteiger partial charge in [-0.25, -0.2) is 0 Å². The highest BCUT2D eigenvalue weighted by molar-refractivity contribution is 6.00. The highest BCUT2D eigenvalue weighted by atomic mass is 16.5. The van der Waals surface area contributed by atoms with Gasteiger partial charge in [-0.05, 0) is 43.2 Å². The summed E-state index contributed by atoms with van der Waals surface area (Å²) in [5, 5.41) is 0. The fourth-order valence-corrected chi connectivity index (χ4v) is 3.01. The molecule has 1 amide bonds. The molecule has 0 bridgehead atoms. The van der Waals surface area contributed by atoms with E-state index in [4.69, 9.17) is 10.5 Å². The fraction of sp³-hybridized carbons (Fsp3) is 0.250. The first kappa shape index (κ1) is 16.1. The van der Waals surface area contributed by atoms with E-state index in [1.807, 2.05) is 6.07 Å². The number of hydrogen-bond acceptors (Lipinski definition) is 3. The number of nitrogens with zero attached hydrogens (tertiary/aromatic N) is 1. The number of amides is 1. The van der Waals surface area contributed by atoms with Crippen LogP contribution in [0.4, 0.5) is 11.4 Å². The number of anilines is 2. The van der Waals surface area contributed by atoms with Crippen molar-refractivity contribution in [3.05, 3.63) is 65.7 Å². The topological polar surface area (TPSA) is 55.6 Å². The third-order valence-corrected chi connectivity index (χ3v) is 4.31. The van der Waals surface area contributed by atoms with Crippen LogP contribution in [-0.2, 0) is 11.2 Å². The minimum atomic E-state index is -0.540. The van der Waals surface area contributed by atoms with E-state index in [-0.39, 0.29) is 5.91 Å². The molecule has 0 saturated heterocycles. The zero-order valence-corrected chi connectivity index (χ0v) is 14.1. The number of aryl methyl sites for hydroxylation is 2. The highest BCUT2D eigenvalue weighted by Gasteiger charge is 2.34. The summed E-state index contributed by atoms with van der Waals surface area (Å²) < 4.78 is 5.99. The summed E-state index contributed by atoms with van der Waals surface area (Å²) in [7, 11) is 0. The summed E-state index contributed by atoms with van der Waals surface area (Å²) in [5.41, 5.74) is 10.6. The zero-order chi connectivity index (χ0) is 17.3. The van der Waals surface area contributed by atoms with E-state index in [1.54, 1.807) is 23.1 Å². The second-order valence-electron chi connectivity index (χ2n) is 6.21. The van der Waals surface area contributed by atoms with Crippen molar-refractivity contribution < 1.29 is 9.53 Å². The summed E-state index contributed by atoms with van der Waals surface area (Å²) >= 11 is 0. The highest BCUT2D eigenvalue weighted by Crippen LogP contribution is 2.36. The van der Waals surface area contributed by atoms with Crippen LogP contribution in [0.5, 0.6) is 5.75 Å². The summed E-state index contributed by atoms with van der Waals surface area (Å²) in [4.78, 5) is 14.6. The van der Waals surface area contributed by atoms with E-state index in [0.29, 0.717) is 30.1 Å². The van der Waals surface area contributed by atoms with Crippen LogP contribution in [0.25, 0.3) is 0 Å². The number of nitrogens with two attached hydrogens (primary N) is 1. The number of nitrogen functional groups attached to an aromatic ring is 1. The first-order valence-corrected chi connectivity index (χ1v) is 8.04. The average Bonchev–Trinajstić information content (AvgIpc) is 2.55. The molecule has 1 atom stereocenters. The first-order chi connectivity index (χ1) is 11.5. The van der Waals surface area contributed by atoms with E-state index < -0.39 is 6.10 Å². The minimum absolute atomic E-state index is 0.0612. The molecule has 0 spiro atoms. The molecule has 1 unspecified atom stereocenters. The normalized spacial score (nSPS) is 16.5. The van der Waals surface area contributed by atoms with Gasteiger partial charge in [0, 0.05) is 18.7 Å². The maximum Gasteiger partial charge on any atom is 0.268 e. The molecule has 0 aromatic heterocycles. The third-order valence-electron chi connectivity index (χ3n) is 4.31. The summed E-state index contributed by atoms with van der Waals surface area (Å²) in [6.45, 7) is 8.29. The molecule has 1 aliphatic rings. The Morgan fingerprint density at radius 1 is 1.25 bits per heavy atom. The molecule has 1 heterocycles. The van der Waals surface area contributed by atoms with E-state index in [9.17, 15) is 4.79 Å². The van der Waals surface area contributed by atoms with Gasteiger partial charge in [-0.1, -0.05) is 29.8 Å². The second-order valence-corrected chi connectivity index (χ2v) is 6.21. The van der Waals surface area contributed by atoms with E-state index in [0.717, 1.165) is 11.1 Å². The molecule has 24 heavy (non-hydrogen) atoms. The average molecular weight is 322 g/mol. The maximum absolute atomic E-state index is 12.9. The molecule has 4 heteroatoms. The van der Waals surface area contributed by atoms with Gasteiger partial charge in [-0.15, -0.1) is 6.58 Å². The summed E-state index contributed by atoms with van der Waals surface area (Å²) in [6, 6.07) is 11.6. The first-order valence-electron chi connectivity index (χ1n) is 8.04. The maximum atomic E-state index is 12.9. The molecule has 0 saturated carbocycles. The van der Waals surface area contributed by atoms with Gasteiger partial charge in [0.05, 0.1) is 5.69 Å². The molecule has 4 nitrogen and oxygen atoms in total. The molecule has 3 rings (SSSR count). The predicted molar refractivity (Wildman–Crippen MR) is 97.4 cm³/mol. The molecule has 2 N–H and O–H groups in total. The van der Waals surface area contributed by atoms with Gasteiger partial charge in [0.15, 0.2) is 6.10 Å². The van der Waals surface area contributed by atoms with Gasteiger partial charge in [0.2, 0.25) is 0 Å². The van der Waals surface area contributed by atoms with Crippen LogP contribution in [0, 0.1) is 13.8 Å². The molecule has 0 radical (unpaired) electrons. The van der Waals surface area contributed by atoms with Crippen molar-refractivity contribution in [3.63, 3.8) is 0 Å². The van der Waals surface area contributed by atoms with Crippen LogP contribution < -0.4 is 15.4 Å². The predicted octanol–water partition coefficient (Wildman–Crippen LogP) is 3.41. The zero-order valence-electron chi connectivity index (χ0n) is 14.1. The van der Waals surface area contributed by atoms with Gasteiger partial charge in [-0.2, -0.15) is 0 Å². The van der Waals surface area contributed by atoms with Gasteiger partial charge in [0.1, 0.15) is 5.75 Å². The Labute approximate surface area is 142 Å². The second kappa shape index (κ2) is 6.40. The van der Waals surface area contributed by atoms with Crippen LogP contribution in [0.3, 0.4) is 0 Å². The van der Waals surface area contributed by atoms with Crippen molar-refractivity contribution >= 4 is 17.3 Å². The number of fused-ring (bicyclic) bond motifs is 1. The lowest BCUT2D eigenvalue weighted by atomic mass is 9.98. The molecular formula is C20H22N2O2. The number of benzene rings is 2. The van der Waals surface area contributed by atoms with Crippen LogP contribution in [0.15, 0.2) is 49.1 Å². The van der Waals surface area contributed by atoms with Crippen molar-refractivity contribution in [3.8, 4) is 5.75 Å². The lowest BCUT2D eigenvalue weighted by molar-refractivity contribution is -0.126. The Balaban J connectivity index is 1.95. The minimum Gasteiger partial charge on any atom is -0.478 e. The Morgan fingerprint density at radius 2 is 2.04 bits per heavy atom. The molecule has 2 aromatic rings. The van der Waals surface area contributed by atoms with Crippen molar-refractivity contribution in [1.82, 2.24) is 0 Å². The SMILES string of the molecule is C=CCN1C(=O)C(Cc2cc(C)ccc2C)Oc2ccc(N)cc21. The lowest BCUT2D eigenvalue weighted by Gasteiger charge is -2.34. The Hall–Kier alpha value is -2.75. The van der Waals surface area contributed by atoms with Crippen molar-refractivity contribution in [2.75, 3.05) is 17.2 Å². The van der Waals surface area contributed by atoms with Crippen LogP contribution >= 0.6 is 0 Å². The molecule has 2 aromatic carbocycles. The number of rotatable bonds is 4. The lowest BCUT2D eigenvalue weighted by Crippen LogP contribution is -2.47. The summed E-state index contributed by atoms with van der Waals surface area (Å²) in [5.74, 6) is 0.620. The Morgan fingerprint density at radius 3 is 2.79 bits per heavy atom. The van der Waals surface area contributed by atoms with Crippen molar-refractivity contribution in [1.29, 1.82) is 0 Å². The molecular weight excluding hydrogens is 300 g/mol. The number of carbonyl (C=O) groups excluding carboxylic acids is 1. The van der Waals surface area contributed by atoms with Crippen LogP contribution in [0.2, 0.25) is 0 Å². The van der Waals surface area contributed by atoms with Crippen molar-refractivity contribution in [2.45, 2.75) is 26.4 Å². The Bertz CT molecular complexity index is 798.